The molecule has 0 saturated carbocycles. The van der Waals surface area contributed by atoms with Gasteiger partial charge in [-0.05, 0) is 20.3 Å². The molecule has 156 valence electrons. The zero-order valence-electron chi connectivity index (χ0n) is 14.7. The molecule has 0 aliphatic heterocycles. The number of rotatable bonds is 8. The van der Waals surface area contributed by atoms with E-state index >= 15 is 0 Å². The number of amides is 1. The molecule has 2 aromatic heterocycles. The van der Waals surface area contributed by atoms with E-state index in [0.717, 1.165) is 0 Å². The summed E-state index contributed by atoms with van der Waals surface area (Å²) in [5, 5.41) is 9.81. The highest BCUT2D eigenvalue weighted by Gasteiger charge is 2.31. The minimum Gasteiger partial charge on any atom is -0.354 e. The summed E-state index contributed by atoms with van der Waals surface area (Å²) < 4.78 is 54.2. The minimum atomic E-state index is -3.17. The smallest absolute Gasteiger partial charge is 0.283 e. The Bertz CT molecular complexity index is 855. The van der Waals surface area contributed by atoms with Gasteiger partial charge in [-0.25, -0.2) is 22.2 Å². The molecule has 2 rings (SSSR count). The van der Waals surface area contributed by atoms with Crippen molar-refractivity contribution in [3.05, 3.63) is 32.3 Å². The van der Waals surface area contributed by atoms with Crippen molar-refractivity contribution in [1.29, 1.82) is 0 Å². The monoisotopic (exact) mass is 463 g/mol. The van der Waals surface area contributed by atoms with Crippen LogP contribution in [-0.2, 0) is 11.3 Å². The van der Waals surface area contributed by atoms with Crippen molar-refractivity contribution in [3.8, 4) is 0 Å². The fourth-order valence-electron chi connectivity index (χ4n) is 2.45. The van der Waals surface area contributed by atoms with Gasteiger partial charge in [-0.3, -0.25) is 9.48 Å². The van der Waals surface area contributed by atoms with Crippen LogP contribution < -0.4 is 5.32 Å². The van der Waals surface area contributed by atoms with Gasteiger partial charge in [-0.2, -0.15) is 10.2 Å². The molecule has 2 aromatic rings. The third-order valence-electron chi connectivity index (χ3n) is 3.91. The highest BCUT2D eigenvalue weighted by atomic mass is 35.5. The van der Waals surface area contributed by atoms with Crippen LogP contribution in [0, 0.1) is 6.92 Å². The Balaban J connectivity index is 2.01. The summed E-state index contributed by atoms with van der Waals surface area (Å²) in [4.78, 5) is 12.2. The Morgan fingerprint density at radius 2 is 1.75 bits per heavy atom. The molecule has 2 heterocycles. The van der Waals surface area contributed by atoms with Crippen molar-refractivity contribution in [2.45, 2.75) is 45.7 Å². The maximum absolute atomic E-state index is 13.2. The number of nitrogens with zero attached hydrogens (tertiary/aromatic N) is 4. The van der Waals surface area contributed by atoms with Gasteiger partial charge in [0, 0.05) is 13.1 Å². The van der Waals surface area contributed by atoms with Crippen molar-refractivity contribution in [2.75, 3.05) is 6.54 Å². The lowest BCUT2D eigenvalue weighted by molar-refractivity contribution is -0.124. The number of nitrogens with one attached hydrogen (secondary N) is 1. The Kier molecular flexibility index (Phi) is 7.58. The van der Waals surface area contributed by atoms with Gasteiger partial charge in [0.1, 0.15) is 27.6 Å². The van der Waals surface area contributed by atoms with Crippen LogP contribution in [0.25, 0.3) is 0 Å². The fraction of sp³-hybridized carbons (Fsp3) is 0.533. The lowest BCUT2D eigenvalue weighted by atomic mass is 10.3. The predicted octanol–water partition coefficient (Wildman–Crippen LogP) is 4.99. The SMILES string of the molecule is Cc1nn(CCCNC(=O)C(C)n2nc(C(F)F)c(Cl)c2C(F)F)c(Cl)c1Cl. The number of carbonyl (C=O) groups is 1. The van der Waals surface area contributed by atoms with Gasteiger partial charge in [0.2, 0.25) is 5.91 Å². The molecule has 0 aliphatic rings. The third-order valence-corrected chi connectivity index (χ3v) is 5.23. The number of halogens is 7. The van der Waals surface area contributed by atoms with E-state index in [1.807, 2.05) is 0 Å². The van der Waals surface area contributed by atoms with Gasteiger partial charge in [0.25, 0.3) is 12.9 Å². The molecule has 1 unspecified atom stereocenters. The largest absolute Gasteiger partial charge is 0.354 e. The number of carbonyl (C=O) groups excluding carboxylic acids is 1. The molecule has 1 N–H and O–H groups in total. The zero-order valence-corrected chi connectivity index (χ0v) is 17.0. The minimum absolute atomic E-state index is 0.163. The average Bonchev–Trinajstić information content (AvgIpc) is 3.10. The zero-order chi connectivity index (χ0) is 21.2. The van der Waals surface area contributed by atoms with E-state index in [1.165, 1.54) is 11.6 Å². The van der Waals surface area contributed by atoms with Crippen LogP contribution >= 0.6 is 34.8 Å². The first-order chi connectivity index (χ1) is 13.1. The highest BCUT2D eigenvalue weighted by Crippen LogP contribution is 2.36. The quantitative estimate of drug-likeness (QED) is 0.442. The number of aromatic nitrogens is 4. The van der Waals surface area contributed by atoms with E-state index in [4.69, 9.17) is 34.8 Å². The van der Waals surface area contributed by atoms with Crippen LogP contribution in [0.3, 0.4) is 0 Å². The van der Waals surface area contributed by atoms with E-state index in [-0.39, 0.29) is 11.7 Å². The van der Waals surface area contributed by atoms with Crippen molar-refractivity contribution >= 4 is 40.7 Å². The Hall–Kier alpha value is -1.52. The number of aryl methyl sites for hydroxylation is 2. The molecule has 6 nitrogen and oxygen atoms in total. The van der Waals surface area contributed by atoms with E-state index in [2.05, 4.69) is 15.5 Å². The van der Waals surface area contributed by atoms with Gasteiger partial charge < -0.3 is 5.32 Å². The molecule has 28 heavy (non-hydrogen) atoms. The van der Waals surface area contributed by atoms with Crippen molar-refractivity contribution < 1.29 is 22.4 Å². The molecule has 0 radical (unpaired) electrons. The van der Waals surface area contributed by atoms with Gasteiger partial charge >= 0.3 is 0 Å². The highest BCUT2D eigenvalue weighted by molar-refractivity contribution is 6.41. The molecule has 0 fully saturated rings. The lowest BCUT2D eigenvalue weighted by Crippen LogP contribution is -2.33. The fourth-order valence-corrected chi connectivity index (χ4v) is 3.14. The van der Waals surface area contributed by atoms with E-state index in [1.54, 1.807) is 6.92 Å². The number of hydrogen-bond acceptors (Lipinski definition) is 3. The van der Waals surface area contributed by atoms with E-state index in [0.29, 0.717) is 28.4 Å². The molecule has 0 bridgehead atoms. The average molecular weight is 465 g/mol. The Morgan fingerprint density at radius 3 is 2.25 bits per heavy atom. The third kappa shape index (κ3) is 4.72. The molecule has 0 spiro atoms. The summed E-state index contributed by atoms with van der Waals surface area (Å²) in [6.07, 6.45) is -5.90. The van der Waals surface area contributed by atoms with Crippen molar-refractivity contribution in [1.82, 2.24) is 24.9 Å². The number of alkyl halides is 4. The first-order valence-corrected chi connectivity index (χ1v) is 9.19. The first-order valence-electron chi connectivity index (χ1n) is 8.06. The van der Waals surface area contributed by atoms with Crippen LogP contribution in [0.2, 0.25) is 15.2 Å². The summed E-state index contributed by atoms with van der Waals surface area (Å²) in [5.41, 5.74) is -1.35. The standard InChI is InChI=1S/C15H16Cl3F4N5O/c1-6-8(16)12(18)26(24-6)5-3-4-23-15(28)7(2)27-11(14(21)22)9(17)10(25-27)13(19)20/h7,13-14H,3-5H2,1-2H3,(H,23,28). The van der Waals surface area contributed by atoms with Crippen LogP contribution in [0.1, 0.15) is 49.3 Å². The second-order valence-electron chi connectivity index (χ2n) is 5.86. The Labute approximate surface area is 172 Å². The second kappa shape index (κ2) is 9.32. The molecule has 0 aliphatic carbocycles. The molecule has 13 heteroatoms. The van der Waals surface area contributed by atoms with Gasteiger partial charge in [0.15, 0.2) is 0 Å². The summed E-state index contributed by atoms with van der Waals surface area (Å²) in [6.45, 7) is 3.47. The predicted molar refractivity (Wildman–Crippen MR) is 96.5 cm³/mol. The topological polar surface area (TPSA) is 64.7 Å². The van der Waals surface area contributed by atoms with Gasteiger partial charge in [-0.1, -0.05) is 34.8 Å². The van der Waals surface area contributed by atoms with E-state index < -0.39 is 41.2 Å². The molecule has 1 amide bonds. The summed E-state index contributed by atoms with van der Waals surface area (Å²) in [6, 6.07) is -1.26. The van der Waals surface area contributed by atoms with Gasteiger partial charge in [-0.15, -0.1) is 0 Å². The summed E-state index contributed by atoms with van der Waals surface area (Å²) >= 11 is 17.5. The van der Waals surface area contributed by atoms with Crippen LogP contribution in [0.4, 0.5) is 17.6 Å². The molecule has 0 saturated heterocycles. The molecular weight excluding hydrogens is 449 g/mol. The first kappa shape index (κ1) is 22.8. The molecule has 1 atom stereocenters. The van der Waals surface area contributed by atoms with Gasteiger partial charge in [0.05, 0.1) is 10.7 Å². The lowest BCUT2D eigenvalue weighted by Gasteiger charge is -2.15. The second-order valence-corrected chi connectivity index (χ2v) is 6.98. The van der Waals surface area contributed by atoms with Crippen molar-refractivity contribution in [3.63, 3.8) is 0 Å². The summed E-state index contributed by atoms with van der Waals surface area (Å²) in [5.74, 6) is -0.678. The Morgan fingerprint density at radius 1 is 1.11 bits per heavy atom. The van der Waals surface area contributed by atoms with Crippen LogP contribution in [0.15, 0.2) is 0 Å². The molecule has 0 aromatic carbocycles. The normalized spacial score (nSPS) is 12.8. The molecular formula is C15H16Cl3F4N5O. The van der Waals surface area contributed by atoms with Crippen LogP contribution in [-0.4, -0.2) is 32.0 Å². The van der Waals surface area contributed by atoms with Crippen molar-refractivity contribution in [2.24, 2.45) is 0 Å². The maximum atomic E-state index is 13.2. The van der Waals surface area contributed by atoms with Crippen LogP contribution in [0.5, 0.6) is 0 Å². The number of hydrogen-bond donors (Lipinski definition) is 1. The maximum Gasteiger partial charge on any atom is 0.283 e. The van der Waals surface area contributed by atoms with E-state index in [9.17, 15) is 22.4 Å². The summed E-state index contributed by atoms with van der Waals surface area (Å²) in [7, 11) is 0.